The molecule has 0 bridgehead atoms. The summed E-state index contributed by atoms with van der Waals surface area (Å²) in [4.78, 5) is 11.8. The fourth-order valence-electron chi connectivity index (χ4n) is 1.72. The molecule has 23 heavy (non-hydrogen) atoms. The van der Waals surface area contributed by atoms with Gasteiger partial charge >= 0.3 is 6.18 Å². The lowest BCUT2D eigenvalue weighted by Crippen LogP contribution is -2.15. The van der Waals surface area contributed by atoms with Crippen LogP contribution in [0.4, 0.5) is 18.9 Å². The predicted molar refractivity (Wildman–Crippen MR) is 78.4 cm³/mol. The highest BCUT2D eigenvalue weighted by Crippen LogP contribution is 2.29. The van der Waals surface area contributed by atoms with Crippen LogP contribution in [0.15, 0.2) is 29.4 Å². The van der Waals surface area contributed by atoms with Gasteiger partial charge in [-0.25, -0.2) is 0 Å². The Bertz CT molecular complexity index is 703. The van der Waals surface area contributed by atoms with Gasteiger partial charge in [0.25, 0.3) is 0 Å². The van der Waals surface area contributed by atoms with Crippen LogP contribution in [0.3, 0.4) is 0 Å². The van der Waals surface area contributed by atoms with Crippen molar-refractivity contribution in [2.75, 3.05) is 18.2 Å². The van der Waals surface area contributed by atoms with Crippen molar-refractivity contribution in [2.45, 2.75) is 11.3 Å². The monoisotopic (exact) mass is 346 g/mol. The SMILES string of the molecule is COc1cccc(NC(=O)CSc2nnc(C(F)(F)F)n2C)c1. The van der Waals surface area contributed by atoms with Crippen molar-refractivity contribution in [3.63, 3.8) is 0 Å². The lowest BCUT2D eigenvalue weighted by molar-refractivity contribution is -0.147. The summed E-state index contributed by atoms with van der Waals surface area (Å²) >= 11 is 0.867. The zero-order valence-corrected chi connectivity index (χ0v) is 13.0. The topological polar surface area (TPSA) is 69.0 Å². The van der Waals surface area contributed by atoms with Gasteiger partial charge in [-0.15, -0.1) is 10.2 Å². The minimum Gasteiger partial charge on any atom is -0.497 e. The molecule has 0 atom stereocenters. The van der Waals surface area contributed by atoms with Crippen LogP contribution in [0, 0.1) is 0 Å². The number of carbonyl (C=O) groups excluding carboxylic acids is 1. The minimum atomic E-state index is -4.58. The summed E-state index contributed by atoms with van der Waals surface area (Å²) in [6, 6.07) is 6.74. The van der Waals surface area contributed by atoms with Crippen molar-refractivity contribution >= 4 is 23.4 Å². The second-order valence-corrected chi connectivity index (χ2v) is 5.37. The average Bonchev–Trinajstić information content (AvgIpc) is 2.86. The molecule has 2 rings (SSSR count). The Kier molecular flexibility index (Phi) is 5.14. The third kappa shape index (κ3) is 4.38. The number of halogens is 3. The molecule has 2 aromatic rings. The number of nitrogens with zero attached hydrogens (tertiary/aromatic N) is 3. The third-order valence-electron chi connectivity index (χ3n) is 2.77. The summed E-state index contributed by atoms with van der Waals surface area (Å²) in [6.07, 6.45) is -4.58. The van der Waals surface area contributed by atoms with E-state index in [2.05, 4.69) is 15.5 Å². The maximum absolute atomic E-state index is 12.6. The van der Waals surface area contributed by atoms with E-state index < -0.39 is 12.0 Å². The van der Waals surface area contributed by atoms with Crippen molar-refractivity contribution in [1.82, 2.24) is 14.8 Å². The highest BCUT2D eigenvalue weighted by molar-refractivity contribution is 7.99. The van der Waals surface area contributed by atoms with Gasteiger partial charge in [0, 0.05) is 18.8 Å². The van der Waals surface area contributed by atoms with E-state index in [1.807, 2.05) is 0 Å². The van der Waals surface area contributed by atoms with E-state index in [1.54, 1.807) is 24.3 Å². The van der Waals surface area contributed by atoms with Crippen LogP contribution in [0.5, 0.6) is 5.75 Å². The number of alkyl halides is 3. The number of benzene rings is 1. The second kappa shape index (κ2) is 6.90. The Balaban J connectivity index is 1.96. The molecule has 124 valence electrons. The number of hydrogen-bond donors (Lipinski definition) is 1. The van der Waals surface area contributed by atoms with Crippen molar-refractivity contribution in [3.8, 4) is 5.75 Å². The normalized spacial score (nSPS) is 11.3. The average molecular weight is 346 g/mol. The molecule has 0 fully saturated rings. The zero-order chi connectivity index (χ0) is 17.0. The summed E-state index contributed by atoms with van der Waals surface area (Å²) in [5.74, 6) is -0.993. The van der Waals surface area contributed by atoms with Crippen LogP contribution in [0.25, 0.3) is 0 Å². The number of rotatable bonds is 5. The first-order valence-electron chi connectivity index (χ1n) is 6.34. The van der Waals surface area contributed by atoms with Crippen LogP contribution in [-0.4, -0.2) is 33.5 Å². The smallest absolute Gasteiger partial charge is 0.451 e. The lowest BCUT2D eigenvalue weighted by Gasteiger charge is -2.07. The van der Waals surface area contributed by atoms with E-state index in [0.717, 1.165) is 16.3 Å². The van der Waals surface area contributed by atoms with Gasteiger partial charge in [0.1, 0.15) is 5.75 Å². The van der Waals surface area contributed by atoms with E-state index in [4.69, 9.17) is 4.74 Å². The quantitative estimate of drug-likeness (QED) is 0.843. The minimum absolute atomic E-state index is 0.0121. The summed E-state index contributed by atoms with van der Waals surface area (Å²) in [5, 5.41) is 9.17. The predicted octanol–water partition coefficient (Wildman–Crippen LogP) is 2.57. The molecule has 0 aliphatic heterocycles. The molecule has 1 amide bonds. The number of ether oxygens (including phenoxy) is 1. The molecule has 0 unspecified atom stereocenters. The maximum atomic E-state index is 12.6. The fraction of sp³-hybridized carbons (Fsp3) is 0.308. The highest BCUT2D eigenvalue weighted by Gasteiger charge is 2.37. The van der Waals surface area contributed by atoms with Crippen LogP contribution < -0.4 is 10.1 Å². The molecule has 1 heterocycles. The van der Waals surface area contributed by atoms with Gasteiger partial charge in [0.05, 0.1) is 12.9 Å². The Morgan fingerprint density at radius 2 is 2.13 bits per heavy atom. The molecule has 0 aliphatic carbocycles. The number of aromatic nitrogens is 3. The Hall–Kier alpha value is -2.23. The van der Waals surface area contributed by atoms with Crippen LogP contribution in [0.2, 0.25) is 0 Å². The first-order chi connectivity index (χ1) is 10.8. The van der Waals surface area contributed by atoms with Crippen molar-refractivity contribution < 1.29 is 22.7 Å². The Morgan fingerprint density at radius 3 is 2.74 bits per heavy atom. The highest BCUT2D eigenvalue weighted by atomic mass is 32.2. The lowest BCUT2D eigenvalue weighted by atomic mass is 10.3. The Labute approximate surface area is 134 Å². The van der Waals surface area contributed by atoms with Gasteiger partial charge in [0.15, 0.2) is 5.16 Å². The summed E-state index contributed by atoms with van der Waals surface area (Å²) < 4.78 is 43.6. The molecule has 1 aromatic carbocycles. The zero-order valence-electron chi connectivity index (χ0n) is 12.2. The molecular formula is C13H13F3N4O2S. The van der Waals surface area contributed by atoms with Gasteiger partial charge in [-0.2, -0.15) is 13.2 Å². The van der Waals surface area contributed by atoms with Crippen LogP contribution in [0.1, 0.15) is 5.82 Å². The number of anilines is 1. The number of methoxy groups -OCH3 is 1. The van der Waals surface area contributed by atoms with Gasteiger partial charge in [-0.1, -0.05) is 17.8 Å². The molecule has 0 aliphatic rings. The van der Waals surface area contributed by atoms with Crippen LogP contribution in [-0.2, 0) is 18.0 Å². The van der Waals surface area contributed by atoms with Gasteiger partial charge in [0.2, 0.25) is 11.7 Å². The van der Waals surface area contributed by atoms with Gasteiger partial charge < -0.3 is 14.6 Å². The summed E-state index contributed by atoms with van der Waals surface area (Å²) in [5.41, 5.74) is 0.531. The second-order valence-electron chi connectivity index (χ2n) is 4.43. The van der Waals surface area contributed by atoms with Crippen molar-refractivity contribution in [3.05, 3.63) is 30.1 Å². The molecule has 1 N–H and O–H groups in total. The van der Waals surface area contributed by atoms with E-state index in [1.165, 1.54) is 14.2 Å². The van der Waals surface area contributed by atoms with E-state index in [0.29, 0.717) is 11.4 Å². The van der Waals surface area contributed by atoms with E-state index in [9.17, 15) is 18.0 Å². The summed E-state index contributed by atoms with van der Waals surface area (Å²) in [6.45, 7) is 0. The number of amides is 1. The van der Waals surface area contributed by atoms with Crippen molar-refractivity contribution in [2.24, 2.45) is 7.05 Å². The molecule has 6 nitrogen and oxygen atoms in total. The summed E-state index contributed by atoms with van der Waals surface area (Å²) in [7, 11) is 2.70. The van der Waals surface area contributed by atoms with E-state index in [-0.39, 0.29) is 16.8 Å². The Morgan fingerprint density at radius 1 is 1.39 bits per heavy atom. The first kappa shape index (κ1) is 17.1. The molecule has 0 saturated heterocycles. The molecular weight excluding hydrogens is 333 g/mol. The van der Waals surface area contributed by atoms with Gasteiger partial charge in [-0.05, 0) is 12.1 Å². The van der Waals surface area contributed by atoms with Crippen molar-refractivity contribution in [1.29, 1.82) is 0 Å². The molecule has 0 saturated carbocycles. The maximum Gasteiger partial charge on any atom is 0.451 e. The molecule has 0 radical (unpaired) electrons. The fourth-order valence-corrected chi connectivity index (χ4v) is 2.43. The number of nitrogens with one attached hydrogen (secondary N) is 1. The van der Waals surface area contributed by atoms with Crippen LogP contribution >= 0.6 is 11.8 Å². The molecule has 1 aromatic heterocycles. The molecule has 0 spiro atoms. The first-order valence-corrected chi connectivity index (χ1v) is 7.33. The standard InChI is InChI=1S/C13H13F3N4O2S/c1-20-11(13(14,15)16)18-19-12(20)23-7-10(21)17-8-4-3-5-9(6-8)22-2/h3-6H,7H2,1-2H3,(H,17,21). The van der Waals surface area contributed by atoms with E-state index >= 15 is 0 Å². The van der Waals surface area contributed by atoms with Gasteiger partial charge in [-0.3, -0.25) is 4.79 Å². The third-order valence-corrected chi connectivity index (χ3v) is 3.79. The number of carbonyl (C=O) groups is 1. The number of hydrogen-bond acceptors (Lipinski definition) is 5. The molecule has 10 heteroatoms. The largest absolute Gasteiger partial charge is 0.497 e. The number of thioether (sulfide) groups is 1.